The van der Waals surface area contributed by atoms with Crippen molar-refractivity contribution in [3.63, 3.8) is 0 Å². The zero-order valence-corrected chi connectivity index (χ0v) is 6.32. The standard InChI is InChI=1S/C7H15NO2/c1-8-5-7(10)4-6(8)2-3-9/h6-7,9-10H,2-5H2,1H3/t6-,7-/m1/s1. The van der Waals surface area contributed by atoms with E-state index < -0.39 is 0 Å². The zero-order chi connectivity index (χ0) is 7.56. The molecule has 3 nitrogen and oxygen atoms in total. The first-order valence-electron chi connectivity index (χ1n) is 3.73. The molecule has 0 aromatic heterocycles. The maximum atomic E-state index is 9.17. The van der Waals surface area contributed by atoms with Gasteiger partial charge in [0.1, 0.15) is 0 Å². The second kappa shape index (κ2) is 3.32. The van der Waals surface area contributed by atoms with Gasteiger partial charge in [-0.05, 0) is 19.9 Å². The number of aliphatic hydroxyl groups excluding tert-OH is 2. The number of hydrogen-bond acceptors (Lipinski definition) is 3. The Balaban J connectivity index is 2.31. The van der Waals surface area contributed by atoms with Gasteiger partial charge < -0.3 is 15.1 Å². The lowest BCUT2D eigenvalue weighted by Gasteiger charge is -2.16. The van der Waals surface area contributed by atoms with Crippen LogP contribution in [0.25, 0.3) is 0 Å². The molecule has 2 N–H and O–H groups in total. The number of aliphatic hydroxyl groups is 2. The van der Waals surface area contributed by atoms with Gasteiger partial charge in [-0.2, -0.15) is 0 Å². The van der Waals surface area contributed by atoms with E-state index in [1.54, 1.807) is 0 Å². The van der Waals surface area contributed by atoms with Crippen LogP contribution in [0.5, 0.6) is 0 Å². The van der Waals surface area contributed by atoms with Gasteiger partial charge in [0.2, 0.25) is 0 Å². The van der Waals surface area contributed by atoms with Gasteiger partial charge in [-0.3, -0.25) is 0 Å². The number of hydrogen-bond donors (Lipinski definition) is 2. The molecule has 2 atom stereocenters. The van der Waals surface area contributed by atoms with E-state index in [9.17, 15) is 5.11 Å². The van der Waals surface area contributed by atoms with Gasteiger partial charge >= 0.3 is 0 Å². The summed E-state index contributed by atoms with van der Waals surface area (Å²) in [5.41, 5.74) is 0. The first kappa shape index (κ1) is 7.98. The Morgan fingerprint density at radius 2 is 2.30 bits per heavy atom. The predicted molar refractivity (Wildman–Crippen MR) is 38.7 cm³/mol. The topological polar surface area (TPSA) is 43.7 Å². The lowest BCUT2D eigenvalue weighted by Crippen LogP contribution is -2.25. The van der Waals surface area contributed by atoms with Crippen molar-refractivity contribution < 1.29 is 10.2 Å². The van der Waals surface area contributed by atoms with E-state index in [1.165, 1.54) is 0 Å². The van der Waals surface area contributed by atoms with Crippen molar-refractivity contribution in [1.82, 2.24) is 4.90 Å². The van der Waals surface area contributed by atoms with Gasteiger partial charge in [-0.15, -0.1) is 0 Å². The molecule has 1 saturated heterocycles. The first-order valence-corrected chi connectivity index (χ1v) is 3.73. The highest BCUT2D eigenvalue weighted by Crippen LogP contribution is 2.17. The Bertz CT molecular complexity index is 108. The van der Waals surface area contributed by atoms with Crippen molar-refractivity contribution >= 4 is 0 Å². The molecule has 3 heteroatoms. The lowest BCUT2D eigenvalue weighted by molar-refractivity contribution is 0.182. The molecule has 1 heterocycles. The summed E-state index contributed by atoms with van der Waals surface area (Å²) in [6, 6.07) is 0.389. The molecule has 1 rings (SSSR count). The van der Waals surface area contributed by atoms with E-state index in [-0.39, 0.29) is 12.7 Å². The second-order valence-corrected chi connectivity index (χ2v) is 3.00. The third-order valence-electron chi connectivity index (χ3n) is 2.13. The number of rotatable bonds is 2. The van der Waals surface area contributed by atoms with Crippen LogP contribution in [0.15, 0.2) is 0 Å². The minimum absolute atomic E-state index is 0.179. The summed E-state index contributed by atoms with van der Waals surface area (Å²) in [5.74, 6) is 0. The van der Waals surface area contributed by atoms with Gasteiger partial charge in [0.25, 0.3) is 0 Å². The van der Waals surface area contributed by atoms with Gasteiger partial charge in [0, 0.05) is 19.2 Å². The van der Waals surface area contributed by atoms with Crippen LogP contribution < -0.4 is 0 Å². The third kappa shape index (κ3) is 1.68. The molecule has 0 aromatic rings. The minimum atomic E-state index is -0.179. The van der Waals surface area contributed by atoms with Crippen LogP contribution in [0.3, 0.4) is 0 Å². The number of likely N-dealkylation sites (tertiary alicyclic amines) is 1. The van der Waals surface area contributed by atoms with Crippen molar-refractivity contribution in [1.29, 1.82) is 0 Å². The molecule has 0 unspecified atom stereocenters. The minimum Gasteiger partial charge on any atom is -0.396 e. The Labute approximate surface area is 61.3 Å². The van der Waals surface area contributed by atoms with Crippen molar-refractivity contribution in [2.75, 3.05) is 20.2 Å². The molecule has 0 amide bonds. The SMILES string of the molecule is CN1C[C@H](O)C[C@H]1CCO. The normalized spacial score (nSPS) is 35.1. The van der Waals surface area contributed by atoms with Crippen molar-refractivity contribution in [2.24, 2.45) is 0 Å². The maximum Gasteiger partial charge on any atom is 0.0682 e. The zero-order valence-electron chi connectivity index (χ0n) is 6.32. The van der Waals surface area contributed by atoms with Gasteiger partial charge in [-0.1, -0.05) is 0 Å². The fraction of sp³-hybridized carbons (Fsp3) is 1.00. The smallest absolute Gasteiger partial charge is 0.0682 e. The Morgan fingerprint density at radius 3 is 2.70 bits per heavy atom. The molecule has 1 aliphatic rings. The summed E-state index contributed by atoms with van der Waals surface area (Å²) in [5, 5.41) is 17.8. The average Bonchev–Trinajstić information content (AvgIpc) is 2.13. The van der Waals surface area contributed by atoms with Crippen molar-refractivity contribution in [2.45, 2.75) is 25.0 Å². The largest absolute Gasteiger partial charge is 0.396 e. The first-order chi connectivity index (χ1) is 4.74. The Hall–Kier alpha value is -0.120. The molecule has 0 spiro atoms. The Kier molecular flexibility index (Phi) is 2.65. The molecule has 1 fully saturated rings. The molecular formula is C7H15NO2. The quantitative estimate of drug-likeness (QED) is 0.547. The summed E-state index contributed by atoms with van der Waals surface area (Å²) in [7, 11) is 1.98. The molecule has 0 aromatic carbocycles. The highest BCUT2D eigenvalue weighted by molar-refractivity contribution is 4.82. The third-order valence-corrected chi connectivity index (χ3v) is 2.13. The predicted octanol–water partition coefficient (Wildman–Crippen LogP) is -0.566. The van der Waals surface area contributed by atoms with Crippen LogP contribution >= 0.6 is 0 Å². The maximum absolute atomic E-state index is 9.17. The van der Waals surface area contributed by atoms with E-state index >= 15 is 0 Å². The molecule has 0 aliphatic carbocycles. The fourth-order valence-corrected chi connectivity index (χ4v) is 1.54. The highest BCUT2D eigenvalue weighted by atomic mass is 16.3. The van der Waals surface area contributed by atoms with Gasteiger partial charge in [-0.25, -0.2) is 0 Å². The van der Waals surface area contributed by atoms with Crippen LogP contribution in [-0.2, 0) is 0 Å². The van der Waals surface area contributed by atoms with E-state index in [4.69, 9.17) is 5.11 Å². The van der Waals surface area contributed by atoms with Crippen molar-refractivity contribution in [3.8, 4) is 0 Å². The highest BCUT2D eigenvalue weighted by Gasteiger charge is 2.26. The molecular weight excluding hydrogens is 130 g/mol. The number of β-amino-alcohol motifs (C(OH)–C–C–N with tert-alkyl or cyclic N) is 1. The average molecular weight is 145 g/mol. The molecule has 0 saturated carbocycles. The molecule has 60 valence electrons. The summed E-state index contributed by atoms with van der Waals surface area (Å²) in [4.78, 5) is 2.10. The van der Waals surface area contributed by atoms with E-state index in [1.807, 2.05) is 7.05 Å². The van der Waals surface area contributed by atoms with Gasteiger partial charge in [0.15, 0.2) is 0 Å². The Morgan fingerprint density at radius 1 is 1.60 bits per heavy atom. The number of likely N-dealkylation sites (N-methyl/N-ethyl adjacent to an activating group) is 1. The van der Waals surface area contributed by atoms with E-state index in [0.29, 0.717) is 6.04 Å². The summed E-state index contributed by atoms with van der Waals surface area (Å²) in [6.45, 7) is 0.979. The monoisotopic (exact) mass is 145 g/mol. The number of nitrogens with zero attached hydrogens (tertiary/aromatic N) is 1. The summed E-state index contributed by atoms with van der Waals surface area (Å²) in [6.07, 6.45) is 1.42. The summed E-state index contributed by atoms with van der Waals surface area (Å²) >= 11 is 0. The van der Waals surface area contributed by atoms with Crippen LogP contribution in [-0.4, -0.2) is 47.5 Å². The molecule has 10 heavy (non-hydrogen) atoms. The fourth-order valence-electron chi connectivity index (χ4n) is 1.54. The van der Waals surface area contributed by atoms with Crippen LogP contribution in [0, 0.1) is 0 Å². The van der Waals surface area contributed by atoms with Crippen LogP contribution in [0.2, 0.25) is 0 Å². The summed E-state index contributed by atoms with van der Waals surface area (Å²) < 4.78 is 0. The molecule has 0 radical (unpaired) electrons. The van der Waals surface area contributed by atoms with E-state index in [2.05, 4.69) is 4.90 Å². The second-order valence-electron chi connectivity index (χ2n) is 3.00. The molecule has 1 aliphatic heterocycles. The van der Waals surface area contributed by atoms with Gasteiger partial charge in [0.05, 0.1) is 6.10 Å². The lowest BCUT2D eigenvalue weighted by atomic mass is 10.1. The van der Waals surface area contributed by atoms with Crippen molar-refractivity contribution in [3.05, 3.63) is 0 Å². The van der Waals surface area contributed by atoms with Crippen LogP contribution in [0.4, 0.5) is 0 Å². The van der Waals surface area contributed by atoms with Crippen LogP contribution in [0.1, 0.15) is 12.8 Å². The van der Waals surface area contributed by atoms with E-state index in [0.717, 1.165) is 19.4 Å². The molecule has 0 bridgehead atoms.